The summed E-state index contributed by atoms with van der Waals surface area (Å²) in [5, 5.41) is 15.2. The quantitative estimate of drug-likeness (QED) is 0.540. The minimum Gasteiger partial charge on any atom is -0.390 e. The summed E-state index contributed by atoms with van der Waals surface area (Å²) in [6, 6.07) is 3.12. The standard InChI is InChI=1S/C20H20FN3O5S/c1-9-15(6-13-12-5-11(21)3-4-14(12)23-19(13)26)22-10(2)18(9)20(27)24-16-7-30(28,29)8-17(16)25/h3-6,16-17,22,25H,7-8H2,1-2H3,(H,23,26)(H,24,27). The van der Waals surface area contributed by atoms with Crippen LogP contribution >= 0.6 is 0 Å². The largest absolute Gasteiger partial charge is 0.390 e. The Morgan fingerprint density at radius 3 is 2.70 bits per heavy atom. The summed E-state index contributed by atoms with van der Waals surface area (Å²) >= 11 is 0. The number of halogens is 1. The third kappa shape index (κ3) is 3.52. The molecular weight excluding hydrogens is 413 g/mol. The van der Waals surface area contributed by atoms with Crippen LogP contribution < -0.4 is 10.6 Å². The summed E-state index contributed by atoms with van der Waals surface area (Å²) < 4.78 is 37.0. The fourth-order valence-corrected chi connectivity index (χ4v) is 5.66. The van der Waals surface area contributed by atoms with E-state index in [0.29, 0.717) is 33.8 Å². The van der Waals surface area contributed by atoms with Crippen LogP contribution in [0.1, 0.15) is 32.9 Å². The van der Waals surface area contributed by atoms with Gasteiger partial charge in [0, 0.05) is 22.6 Å². The number of aliphatic hydroxyl groups is 1. The number of H-pyrrole nitrogens is 1. The number of benzene rings is 1. The number of aryl methyl sites for hydroxylation is 1. The first kappa shape index (κ1) is 20.3. The van der Waals surface area contributed by atoms with Crippen LogP contribution in [-0.2, 0) is 14.6 Å². The normalized spacial score (nSPS) is 23.5. The first-order chi connectivity index (χ1) is 14.1. The molecule has 0 aliphatic carbocycles. The lowest BCUT2D eigenvalue weighted by atomic mass is 10.0. The number of hydrogen-bond acceptors (Lipinski definition) is 5. The Morgan fingerprint density at radius 1 is 1.30 bits per heavy atom. The average molecular weight is 433 g/mol. The molecule has 1 aromatic heterocycles. The van der Waals surface area contributed by atoms with Crippen LogP contribution in [0.2, 0.25) is 0 Å². The Morgan fingerprint density at radius 2 is 2.03 bits per heavy atom. The molecule has 0 spiro atoms. The molecule has 4 rings (SSSR count). The van der Waals surface area contributed by atoms with Gasteiger partial charge in [-0.2, -0.15) is 0 Å². The smallest absolute Gasteiger partial charge is 0.256 e. The van der Waals surface area contributed by atoms with Gasteiger partial charge in [-0.05, 0) is 43.7 Å². The third-order valence-electron chi connectivity index (χ3n) is 5.40. The molecule has 0 bridgehead atoms. The predicted molar refractivity (Wildman–Crippen MR) is 109 cm³/mol. The first-order valence-corrected chi connectivity index (χ1v) is 11.1. The highest BCUT2D eigenvalue weighted by Gasteiger charge is 2.38. The number of aliphatic hydroxyl groups excluding tert-OH is 1. The summed E-state index contributed by atoms with van der Waals surface area (Å²) in [6.45, 7) is 3.36. The molecule has 2 unspecified atom stereocenters. The molecule has 2 amide bonds. The van der Waals surface area contributed by atoms with E-state index in [1.165, 1.54) is 18.2 Å². The van der Waals surface area contributed by atoms with Gasteiger partial charge in [0.2, 0.25) is 0 Å². The summed E-state index contributed by atoms with van der Waals surface area (Å²) in [6.07, 6.45) is 0.392. The van der Waals surface area contributed by atoms with E-state index in [1.54, 1.807) is 19.9 Å². The molecule has 1 fully saturated rings. The Balaban J connectivity index is 1.65. The lowest BCUT2D eigenvalue weighted by molar-refractivity contribution is -0.110. The molecule has 0 saturated carbocycles. The zero-order valence-electron chi connectivity index (χ0n) is 16.2. The fraction of sp³-hybridized carbons (Fsp3) is 0.300. The van der Waals surface area contributed by atoms with E-state index < -0.39 is 33.7 Å². The summed E-state index contributed by atoms with van der Waals surface area (Å²) in [5.74, 6) is -2.07. The molecule has 8 nitrogen and oxygen atoms in total. The van der Waals surface area contributed by atoms with E-state index in [-0.39, 0.29) is 23.0 Å². The van der Waals surface area contributed by atoms with Crippen LogP contribution in [0.5, 0.6) is 0 Å². The second-order valence-electron chi connectivity index (χ2n) is 7.59. The predicted octanol–water partition coefficient (Wildman–Crippen LogP) is 1.15. The van der Waals surface area contributed by atoms with Crippen LogP contribution in [0.3, 0.4) is 0 Å². The number of sulfone groups is 1. The molecule has 0 radical (unpaired) electrons. The van der Waals surface area contributed by atoms with E-state index in [2.05, 4.69) is 15.6 Å². The van der Waals surface area contributed by atoms with Gasteiger partial charge in [0.05, 0.1) is 34.8 Å². The number of amides is 2. The second-order valence-corrected chi connectivity index (χ2v) is 9.74. The number of aromatic nitrogens is 1. The molecule has 1 aromatic carbocycles. The Hall–Kier alpha value is -2.98. The van der Waals surface area contributed by atoms with Gasteiger partial charge in [0.1, 0.15) is 5.82 Å². The van der Waals surface area contributed by atoms with E-state index in [9.17, 15) is 27.5 Å². The van der Waals surface area contributed by atoms with Crippen molar-refractivity contribution < 1.29 is 27.5 Å². The lowest BCUT2D eigenvalue weighted by Gasteiger charge is -2.15. The molecular formula is C20H20FN3O5S. The maximum Gasteiger partial charge on any atom is 0.256 e. The van der Waals surface area contributed by atoms with E-state index >= 15 is 0 Å². The zero-order chi connectivity index (χ0) is 21.8. The molecule has 10 heteroatoms. The minimum absolute atomic E-state index is 0.262. The molecule has 4 N–H and O–H groups in total. The number of aromatic amines is 1. The topological polar surface area (TPSA) is 128 Å². The first-order valence-electron chi connectivity index (χ1n) is 9.27. The van der Waals surface area contributed by atoms with Crippen LogP contribution in [0.15, 0.2) is 18.2 Å². The lowest BCUT2D eigenvalue weighted by Crippen LogP contribution is -2.42. The van der Waals surface area contributed by atoms with E-state index in [0.717, 1.165) is 0 Å². The Kier molecular flexibility index (Phi) is 4.78. The van der Waals surface area contributed by atoms with Gasteiger partial charge in [-0.15, -0.1) is 0 Å². The van der Waals surface area contributed by atoms with Crippen molar-refractivity contribution in [3.05, 3.63) is 52.1 Å². The van der Waals surface area contributed by atoms with Crippen molar-refractivity contribution in [3.63, 3.8) is 0 Å². The van der Waals surface area contributed by atoms with Gasteiger partial charge in [0.15, 0.2) is 9.84 Å². The molecule has 30 heavy (non-hydrogen) atoms. The van der Waals surface area contributed by atoms with Crippen LogP contribution in [0.25, 0.3) is 11.6 Å². The van der Waals surface area contributed by atoms with Crippen molar-refractivity contribution in [3.8, 4) is 0 Å². The SMILES string of the molecule is Cc1[nH]c(C=C2C(=O)Nc3ccc(F)cc32)c(C)c1C(=O)NC1CS(=O)(=O)CC1O. The van der Waals surface area contributed by atoms with Gasteiger partial charge >= 0.3 is 0 Å². The number of carbonyl (C=O) groups is 2. The highest BCUT2D eigenvalue weighted by Crippen LogP contribution is 2.34. The van der Waals surface area contributed by atoms with Gasteiger partial charge in [-0.25, -0.2) is 12.8 Å². The highest BCUT2D eigenvalue weighted by atomic mass is 32.2. The zero-order valence-corrected chi connectivity index (χ0v) is 17.1. The maximum atomic E-state index is 13.6. The molecule has 1 saturated heterocycles. The van der Waals surface area contributed by atoms with Crippen molar-refractivity contribution in [2.75, 3.05) is 16.8 Å². The van der Waals surface area contributed by atoms with Crippen LogP contribution in [-0.4, -0.2) is 54.0 Å². The van der Waals surface area contributed by atoms with E-state index in [4.69, 9.17) is 0 Å². The van der Waals surface area contributed by atoms with Crippen molar-refractivity contribution in [2.24, 2.45) is 0 Å². The van der Waals surface area contributed by atoms with E-state index in [1.807, 2.05) is 0 Å². The maximum absolute atomic E-state index is 13.6. The minimum atomic E-state index is -3.40. The van der Waals surface area contributed by atoms with Crippen molar-refractivity contribution in [2.45, 2.75) is 26.0 Å². The molecule has 2 aromatic rings. The second kappa shape index (κ2) is 7.06. The number of hydrogen-bond donors (Lipinski definition) is 4. The number of nitrogens with one attached hydrogen (secondary N) is 3. The molecule has 2 aliphatic rings. The van der Waals surface area contributed by atoms with Crippen LogP contribution in [0, 0.1) is 19.7 Å². The van der Waals surface area contributed by atoms with Crippen molar-refractivity contribution in [1.29, 1.82) is 0 Å². The molecule has 3 heterocycles. The number of carbonyl (C=O) groups excluding carboxylic acids is 2. The molecule has 2 aliphatic heterocycles. The highest BCUT2D eigenvalue weighted by molar-refractivity contribution is 7.91. The van der Waals surface area contributed by atoms with Crippen LogP contribution in [0.4, 0.5) is 10.1 Å². The number of fused-ring (bicyclic) bond motifs is 1. The monoisotopic (exact) mass is 433 g/mol. The summed E-state index contributed by atoms with van der Waals surface area (Å²) in [4.78, 5) is 28.1. The summed E-state index contributed by atoms with van der Waals surface area (Å²) in [7, 11) is -3.40. The molecule has 2 atom stereocenters. The average Bonchev–Trinajstić information content (AvgIpc) is 3.19. The van der Waals surface area contributed by atoms with Crippen molar-refractivity contribution >= 4 is 39.0 Å². The van der Waals surface area contributed by atoms with Gasteiger partial charge in [0.25, 0.3) is 11.8 Å². The number of anilines is 1. The summed E-state index contributed by atoms with van der Waals surface area (Å²) in [5.41, 5.74) is 3.06. The Labute approximate surface area is 172 Å². The van der Waals surface area contributed by atoms with Crippen molar-refractivity contribution in [1.82, 2.24) is 10.3 Å². The van der Waals surface area contributed by atoms with Gasteiger partial charge in [-0.3, -0.25) is 9.59 Å². The molecule has 158 valence electrons. The van der Waals surface area contributed by atoms with Gasteiger partial charge in [-0.1, -0.05) is 0 Å². The third-order valence-corrected chi connectivity index (χ3v) is 7.11. The van der Waals surface area contributed by atoms with Gasteiger partial charge < -0.3 is 20.7 Å². The fourth-order valence-electron chi connectivity index (χ4n) is 3.91. The Bertz CT molecular complexity index is 1220. The number of rotatable bonds is 3.